The molecule has 2 aliphatic rings. The zero-order valence-corrected chi connectivity index (χ0v) is 21.9. The summed E-state index contributed by atoms with van der Waals surface area (Å²) in [6, 6.07) is 16.3. The quantitative estimate of drug-likeness (QED) is 0.449. The van der Waals surface area contributed by atoms with Crippen molar-refractivity contribution >= 4 is 34.4 Å². The lowest BCUT2D eigenvalue weighted by molar-refractivity contribution is -0.138. The van der Waals surface area contributed by atoms with Gasteiger partial charge in [0.15, 0.2) is 6.61 Å². The van der Waals surface area contributed by atoms with E-state index in [0.29, 0.717) is 31.9 Å². The highest BCUT2D eigenvalue weighted by Gasteiger charge is 2.27. The van der Waals surface area contributed by atoms with Crippen LogP contribution in [0, 0.1) is 0 Å². The van der Waals surface area contributed by atoms with Crippen LogP contribution in [0.5, 0.6) is 0 Å². The zero-order chi connectivity index (χ0) is 26.0. The number of pyridine rings is 1. The number of amides is 1. The van der Waals surface area contributed by atoms with E-state index < -0.39 is 5.97 Å². The highest BCUT2D eigenvalue weighted by molar-refractivity contribution is 6.07. The fourth-order valence-electron chi connectivity index (χ4n) is 5.09. The third-order valence-corrected chi connectivity index (χ3v) is 7.18. The summed E-state index contributed by atoms with van der Waals surface area (Å²) in [6.45, 7) is 8.43. The second kappa shape index (κ2) is 10.5. The van der Waals surface area contributed by atoms with Crippen LogP contribution in [-0.4, -0.2) is 54.7 Å². The molecular weight excluding hydrogens is 464 g/mol. The molecule has 2 aromatic carbocycles. The first-order valence-corrected chi connectivity index (χ1v) is 13.1. The zero-order valence-electron chi connectivity index (χ0n) is 21.9. The van der Waals surface area contributed by atoms with Crippen molar-refractivity contribution < 1.29 is 19.1 Å². The van der Waals surface area contributed by atoms with Gasteiger partial charge >= 0.3 is 5.97 Å². The summed E-state index contributed by atoms with van der Waals surface area (Å²) in [5.41, 5.74) is 6.68. The molecule has 1 aromatic heterocycles. The molecule has 1 aliphatic carbocycles. The predicted molar refractivity (Wildman–Crippen MR) is 145 cm³/mol. The maximum atomic E-state index is 13.4. The molecule has 37 heavy (non-hydrogen) atoms. The number of rotatable bonds is 4. The number of benzene rings is 2. The van der Waals surface area contributed by atoms with Gasteiger partial charge in [0.1, 0.15) is 0 Å². The van der Waals surface area contributed by atoms with E-state index in [-0.39, 0.29) is 17.9 Å². The lowest BCUT2D eigenvalue weighted by Gasteiger charge is -2.27. The number of para-hydroxylation sites is 1. The van der Waals surface area contributed by atoms with Crippen molar-refractivity contribution in [3.63, 3.8) is 0 Å². The van der Waals surface area contributed by atoms with Crippen molar-refractivity contribution in [2.75, 3.05) is 32.9 Å². The Hall–Kier alpha value is -3.51. The number of nitrogens with zero attached hydrogens (tertiary/aromatic N) is 2. The number of morpholine rings is 1. The fourth-order valence-corrected chi connectivity index (χ4v) is 5.09. The third-order valence-electron chi connectivity index (χ3n) is 7.18. The number of hydrogen-bond acceptors (Lipinski definition) is 5. The Balaban J connectivity index is 1.48. The second-order valence-corrected chi connectivity index (χ2v) is 10.8. The molecule has 192 valence electrons. The van der Waals surface area contributed by atoms with Crippen molar-refractivity contribution in [1.82, 2.24) is 9.88 Å². The number of hydrogen-bond donors (Lipinski definition) is 0. The summed E-state index contributed by atoms with van der Waals surface area (Å²) in [5, 5.41) is 0.765. The Labute approximate surface area is 218 Å². The van der Waals surface area contributed by atoms with Crippen molar-refractivity contribution in [2.24, 2.45) is 0 Å². The van der Waals surface area contributed by atoms with Gasteiger partial charge in [-0.1, -0.05) is 63.2 Å². The fraction of sp³-hybridized carbons (Fsp3) is 0.387. The normalized spacial score (nSPS) is 17.1. The van der Waals surface area contributed by atoms with Gasteiger partial charge in [-0.05, 0) is 59.1 Å². The van der Waals surface area contributed by atoms with E-state index in [1.165, 1.54) is 5.56 Å². The molecule has 6 nitrogen and oxygen atoms in total. The molecule has 0 saturated carbocycles. The minimum atomic E-state index is -0.466. The molecule has 0 N–H and O–H groups in total. The molecule has 0 spiro atoms. The van der Waals surface area contributed by atoms with Crippen LogP contribution < -0.4 is 0 Å². The minimum Gasteiger partial charge on any atom is -0.452 e. The maximum absolute atomic E-state index is 13.4. The monoisotopic (exact) mass is 498 g/mol. The van der Waals surface area contributed by atoms with E-state index >= 15 is 0 Å². The number of esters is 1. The smallest absolute Gasteiger partial charge is 0.339 e. The van der Waals surface area contributed by atoms with Gasteiger partial charge in [-0.25, -0.2) is 9.78 Å². The molecule has 3 aromatic rings. The summed E-state index contributed by atoms with van der Waals surface area (Å²) >= 11 is 0. The van der Waals surface area contributed by atoms with Crippen molar-refractivity contribution in [1.29, 1.82) is 0 Å². The molecule has 0 bridgehead atoms. The molecule has 0 unspecified atom stereocenters. The summed E-state index contributed by atoms with van der Waals surface area (Å²) in [7, 11) is 0. The van der Waals surface area contributed by atoms with E-state index in [2.05, 4.69) is 51.1 Å². The van der Waals surface area contributed by atoms with Gasteiger partial charge in [0, 0.05) is 18.5 Å². The molecule has 1 saturated heterocycles. The molecule has 6 heteroatoms. The Morgan fingerprint density at radius 3 is 2.49 bits per heavy atom. The number of carbonyl (C=O) groups excluding carboxylic acids is 2. The van der Waals surface area contributed by atoms with E-state index in [4.69, 9.17) is 14.5 Å². The van der Waals surface area contributed by atoms with Gasteiger partial charge in [0.25, 0.3) is 5.91 Å². The highest BCUT2D eigenvalue weighted by atomic mass is 16.5. The van der Waals surface area contributed by atoms with Crippen LogP contribution in [0.3, 0.4) is 0 Å². The molecular formula is C31H34N2O4. The van der Waals surface area contributed by atoms with Crippen LogP contribution in [0.25, 0.3) is 22.6 Å². The molecule has 0 radical (unpaired) electrons. The van der Waals surface area contributed by atoms with Crippen LogP contribution in [0.15, 0.2) is 48.5 Å². The molecule has 0 atom stereocenters. The van der Waals surface area contributed by atoms with Crippen molar-refractivity contribution in [3.8, 4) is 0 Å². The molecule has 5 rings (SSSR count). The SMILES string of the molecule is CC(C)(C)c1ccc(C=C2CCCc3c2nc2ccccc2c3C(=O)OCC(=O)N2CCOCC2)cc1. The van der Waals surface area contributed by atoms with E-state index in [9.17, 15) is 9.59 Å². The van der Waals surface area contributed by atoms with Gasteiger partial charge in [0.05, 0.1) is 30.0 Å². The molecule has 1 amide bonds. The second-order valence-electron chi connectivity index (χ2n) is 10.8. The van der Waals surface area contributed by atoms with Gasteiger partial charge in [0.2, 0.25) is 0 Å². The predicted octanol–water partition coefficient (Wildman–Crippen LogP) is 5.42. The minimum absolute atomic E-state index is 0.0992. The van der Waals surface area contributed by atoms with Gasteiger partial charge in [-0.2, -0.15) is 0 Å². The lowest BCUT2D eigenvalue weighted by Crippen LogP contribution is -2.42. The van der Waals surface area contributed by atoms with E-state index in [0.717, 1.165) is 52.6 Å². The summed E-state index contributed by atoms with van der Waals surface area (Å²) in [6.07, 6.45) is 4.74. The highest BCUT2D eigenvalue weighted by Crippen LogP contribution is 2.36. The molecule has 1 aliphatic heterocycles. The Bertz CT molecular complexity index is 1350. The summed E-state index contributed by atoms with van der Waals surface area (Å²) in [4.78, 5) is 32.7. The number of carbonyl (C=O) groups is 2. The van der Waals surface area contributed by atoms with Gasteiger partial charge in [-0.3, -0.25) is 4.79 Å². The van der Waals surface area contributed by atoms with Crippen LogP contribution in [0.4, 0.5) is 0 Å². The largest absolute Gasteiger partial charge is 0.452 e. The van der Waals surface area contributed by atoms with Gasteiger partial charge < -0.3 is 14.4 Å². The number of fused-ring (bicyclic) bond motifs is 2. The Morgan fingerprint density at radius 1 is 1.03 bits per heavy atom. The van der Waals surface area contributed by atoms with Crippen LogP contribution >= 0.6 is 0 Å². The average molecular weight is 499 g/mol. The number of ether oxygens (including phenoxy) is 2. The van der Waals surface area contributed by atoms with Crippen molar-refractivity contribution in [2.45, 2.75) is 45.4 Å². The summed E-state index contributed by atoms with van der Waals surface area (Å²) < 4.78 is 10.9. The first-order valence-electron chi connectivity index (χ1n) is 13.1. The Kier molecular flexibility index (Phi) is 7.11. The van der Waals surface area contributed by atoms with Gasteiger partial charge in [-0.15, -0.1) is 0 Å². The number of aromatic nitrogens is 1. The van der Waals surface area contributed by atoms with E-state index in [1.807, 2.05) is 24.3 Å². The van der Waals surface area contributed by atoms with Crippen LogP contribution in [0.1, 0.15) is 66.4 Å². The first kappa shape index (κ1) is 25.2. The van der Waals surface area contributed by atoms with Crippen LogP contribution in [-0.2, 0) is 26.1 Å². The topological polar surface area (TPSA) is 68.7 Å². The van der Waals surface area contributed by atoms with E-state index in [1.54, 1.807) is 4.90 Å². The average Bonchev–Trinajstić information content (AvgIpc) is 2.91. The molecule has 1 fully saturated rings. The number of allylic oxidation sites excluding steroid dienone is 1. The van der Waals surface area contributed by atoms with Crippen molar-refractivity contribution in [3.05, 3.63) is 76.5 Å². The summed E-state index contributed by atoms with van der Waals surface area (Å²) in [5.74, 6) is -0.657. The lowest BCUT2D eigenvalue weighted by atomic mass is 9.85. The molecule has 2 heterocycles. The third kappa shape index (κ3) is 5.44. The standard InChI is InChI=1S/C31H34N2O4/c1-31(2,3)23-13-11-21(12-14-23)19-22-7-6-9-25-28(24-8-4-5-10-26(24)32-29(22)25)30(35)37-20-27(34)33-15-17-36-18-16-33/h4-5,8,10-14,19H,6-7,9,15-18,20H2,1-3H3. The Morgan fingerprint density at radius 2 is 1.76 bits per heavy atom. The first-order chi connectivity index (χ1) is 17.8. The van der Waals surface area contributed by atoms with Crippen LogP contribution in [0.2, 0.25) is 0 Å². The maximum Gasteiger partial charge on any atom is 0.339 e.